The lowest BCUT2D eigenvalue weighted by molar-refractivity contribution is -0.127. The Morgan fingerprint density at radius 1 is 1.46 bits per heavy atom. The molecule has 0 radical (unpaired) electrons. The number of carbonyl (C=O) groups excluding carboxylic acids is 1. The number of nitrogens with one attached hydrogen (secondary N) is 1. The van der Waals surface area contributed by atoms with E-state index in [1.54, 1.807) is 6.07 Å². The zero-order valence-corrected chi connectivity index (χ0v) is 15.9. The predicted octanol–water partition coefficient (Wildman–Crippen LogP) is 2.60. The molecule has 3 rings (SSSR count). The van der Waals surface area contributed by atoms with Crippen molar-refractivity contribution in [3.63, 3.8) is 0 Å². The van der Waals surface area contributed by atoms with Gasteiger partial charge in [-0.15, -0.1) is 0 Å². The number of aromatic nitrogens is 1. The Bertz CT molecular complexity index is 695. The van der Waals surface area contributed by atoms with Gasteiger partial charge in [-0.05, 0) is 44.7 Å². The molecule has 0 spiro atoms. The molecule has 1 aromatic heterocycles. The maximum absolute atomic E-state index is 12.8. The van der Waals surface area contributed by atoms with Crippen molar-refractivity contribution in [2.24, 2.45) is 5.41 Å². The van der Waals surface area contributed by atoms with Crippen LogP contribution in [-0.4, -0.2) is 59.2 Å². The summed E-state index contributed by atoms with van der Waals surface area (Å²) in [6.45, 7) is 2.94. The first-order valence-corrected chi connectivity index (χ1v) is 9.33. The Balaban J connectivity index is 1.57. The van der Waals surface area contributed by atoms with E-state index in [0.29, 0.717) is 31.1 Å². The van der Waals surface area contributed by atoms with Gasteiger partial charge in [0, 0.05) is 32.2 Å². The Morgan fingerprint density at radius 2 is 2.19 bits per heavy atom. The molecule has 1 aromatic rings. The molecule has 26 heavy (non-hydrogen) atoms. The zero-order valence-electron chi connectivity index (χ0n) is 15.1. The SMILES string of the molecule is C[C@@H]1C[C@H](NC(=O)C2(CN(C)c3cccc(Cl)n3)CC2)CCN1C(=O)O. The molecule has 1 saturated heterocycles. The van der Waals surface area contributed by atoms with Crippen molar-refractivity contribution in [3.05, 3.63) is 23.4 Å². The van der Waals surface area contributed by atoms with Gasteiger partial charge in [-0.25, -0.2) is 9.78 Å². The van der Waals surface area contributed by atoms with Gasteiger partial charge in [-0.3, -0.25) is 4.79 Å². The molecular weight excluding hydrogens is 356 g/mol. The number of carboxylic acid groups (broad SMARTS) is 1. The molecule has 2 amide bonds. The number of carbonyl (C=O) groups is 2. The summed E-state index contributed by atoms with van der Waals surface area (Å²) in [5.74, 6) is 0.812. The first kappa shape index (κ1) is 18.8. The lowest BCUT2D eigenvalue weighted by Gasteiger charge is -2.36. The van der Waals surface area contributed by atoms with Crippen molar-refractivity contribution in [3.8, 4) is 0 Å². The normalized spacial score (nSPS) is 24.0. The van der Waals surface area contributed by atoms with E-state index in [0.717, 1.165) is 18.7 Å². The van der Waals surface area contributed by atoms with Crippen LogP contribution in [0.5, 0.6) is 0 Å². The summed E-state index contributed by atoms with van der Waals surface area (Å²) in [7, 11) is 1.92. The number of piperidine rings is 1. The Labute approximate surface area is 158 Å². The molecule has 1 aliphatic heterocycles. The number of halogens is 1. The molecule has 0 bridgehead atoms. The summed E-state index contributed by atoms with van der Waals surface area (Å²) in [6.07, 6.45) is 2.13. The minimum absolute atomic E-state index is 0.0279. The third-order valence-corrected chi connectivity index (χ3v) is 5.63. The zero-order chi connectivity index (χ0) is 18.9. The molecule has 1 aliphatic carbocycles. The predicted molar refractivity (Wildman–Crippen MR) is 99.5 cm³/mol. The van der Waals surface area contributed by atoms with Crippen molar-refractivity contribution in [2.75, 3.05) is 25.0 Å². The maximum atomic E-state index is 12.8. The van der Waals surface area contributed by atoms with Gasteiger partial charge < -0.3 is 20.2 Å². The molecule has 7 nitrogen and oxygen atoms in total. The average Bonchev–Trinajstić information content (AvgIpc) is 3.35. The first-order chi connectivity index (χ1) is 12.3. The molecule has 8 heteroatoms. The van der Waals surface area contributed by atoms with Crippen LogP contribution < -0.4 is 10.2 Å². The van der Waals surface area contributed by atoms with Crippen molar-refractivity contribution >= 4 is 29.4 Å². The second-order valence-electron chi connectivity index (χ2n) is 7.47. The van der Waals surface area contributed by atoms with E-state index in [1.165, 1.54) is 4.90 Å². The molecule has 2 fully saturated rings. The van der Waals surface area contributed by atoms with Gasteiger partial charge in [-0.1, -0.05) is 17.7 Å². The Hall–Kier alpha value is -2.02. The van der Waals surface area contributed by atoms with Gasteiger partial charge >= 0.3 is 6.09 Å². The molecule has 1 saturated carbocycles. The number of rotatable bonds is 5. The van der Waals surface area contributed by atoms with Crippen molar-refractivity contribution in [1.29, 1.82) is 0 Å². The monoisotopic (exact) mass is 380 g/mol. The molecule has 0 unspecified atom stereocenters. The fourth-order valence-corrected chi connectivity index (χ4v) is 3.84. The standard InChI is InChI=1S/C18H25ClN4O3/c1-12-10-13(6-9-23(12)17(25)26)20-16(24)18(7-8-18)11-22(2)15-5-3-4-14(19)21-15/h3-5,12-13H,6-11H2,1-2H3,(H,20,24)(H,25,26)/t12-,13-/m1/s1. The highest BCUT2D eigenvalue weighted by atomic mass is 35.5. The fraction of sp³-hybridized carbons (Fsp3) is 0.611. The molecule has 0 aromatic carbocycles. The average molecular weight is 381 g/mol. The number of pyridine rings is 1. The van der Waals surface area contributed by atoms with Crippen molar-refractivity contribution in [1.82, 2.24) is 15.2 Å². The van der Waals surface area contributed by atoms with Gasteiger partial charge in [0.25, 0.3) is 0 Å². The van der Waals surface area contributed by atoms with Crippen LogP contribution >= 0.6 is 11.6 Å². The lowest BCUT2D eigenvalue weighted by atomic mass is 9.97. The third kappa shape index (κ3) is 4.03. The number of amides is 2. The minimum atomic E-state index is -0.892. The third-order valence-electron chi connectivity index (χ3n) is 5.42. The minimum Gasteiger partial charge on any atom is -0.465 e. The molecule has 142 valence electrons. The largest absolute Gasteiger partial charge is 0.465 e. The van der Waals surface area contributed by atoms with Crippen molar-refractivity contribution in [2.45, 2.75) is 44.7 Å². The number of hydrogen-bond acceptors (Lipinski definition) is 4. The van der Waals surface area contributed by atoms with Gasteiger partial charge in [0.15, 0.2) is 0 Å². The number of nitrogens with zero attached hydrogens (tertiary/aromatic N) is 3. The number of hydrogen-bond donors (Lipinski definition) is 2. The van der Waals surface area contributed by atoms with Crippen LogP contribution in [0.1, 0.15) is 32.6 Å². The Kier molecular flexibility index (Phi) is 5.27. The first-order valence-electron chi connectivity index (χ1n) is 8.95. The van der Waals surface area contributed by atoms with E-state index >= 15 is 0 Å². The second kappa shape index (κ2) is 7.31. The quantitative estimate of drug-likeness (QED) is 0.767. The van der Waals surface area contributed by atoms with E-state index < -0.39 is 6.09 Å². The summed E-state index contributed by atoms with van der Waals surface area (Å²) in [5.41, 5.74) is -0.383. The summed E-state index contributed by atoms with van der Waals surface area (Å²) >= 11 is 5.95. The van der Waals surface area contributed by atoms with E-state index in [1.807, 2.05) is 31.0 Å². The molecule has 2 heterocycles. The summed E-state index contributed by atoms with van der Waals surface area (Å²) in [4.78, 5) is 31.7. The number of likely N-dealkylation sites (tertiary alicyclic amines) is 1. The van der Waals surface area contributed by atoms with Crippen LogP contribution in [0.3, 0.4) is 0 Å². The van der Waals surface area contributed by atoms with Crippen LogP contribution in [0.25, 0.3) is 0 Å². The van der Waals surface area contributed by atoms with Gasteiger partial charge in [-0.2, -0.15) is 0 Å². The maximum Gasteiger partial charge on any atom is 0.407 e. The van der Waals surface area contributed by atoms with E-state index in [-0.39, 0.29) is 23.4 Å². The lowest BCUT2D eigenvalue weighted by Crippen LogP contribution is -2.52. The van der Waals surface area contributed by atoms with E-state index in [9.17, 15) is 9.59 Å². The van der Waals surface area contributed by atoms with Crippen LogP contribution in [-0.2, 0) is 4.79 Å². The molecular formula is C18H25ClN4O3. The van der Waals surface area contributed by atoms with E-state index in [4.69, 9.17) is 16.7 Å². The highest BCUT2D eigenvalue weighted by molar-refractivity contribution is 6.29. The van der Waals surface area contributed by atoms with E-state index in [2.05, 4.69) is 10.3 Å². The highest BCUT2D eigenvalue weighted by Crippen LogP contribution is 2.47. The smallest absolute Gasteiger partial charge is 0.407 e. The Morgan fingerprint density at radius 3 is 2.77 bits per heavy atom. The van der Waals surface area contributed by atoms with Crippen LogP contribution in [0.4, 0.5) is 10.6 Å². The van der Waals surface area contributed by atoms with Gasteiger partial charge in [0.2, 0.25) is 5.91 Å². The topological polar surface area (TPSA) is 85.8 Å². The van der Waals surface area contributed by atoms with Crippen LogP contribution in [0.15, 0.2) is 18.2 Å². The van der Waals surface area contributed by atoms with Crippen molar-refractivity contribution < 1.29 is 14.7 Å². The summed E-state index contributed by atoms with van der Waals surface area (Å²) in [5, 5.41) is 12.7. The molecule has 2 aliphatic rings. The summed E-state index contributed by atoms with van der Waals surface area (Å²) in [6, 6.07) is 5.39. The summed E-state index contributed by atoms with van der Waals surface area (Å²) < 4.78 is 0. The second-order valence-corrected chi connectivity index (χ2v) is 7.86. The molecule has 2 atom stereocenters. The van der Waals surface area contributed by atoms with Crippen LogP contribution in [0, 0.1) is 5.41 Å². The fourth-order valence-electron chi connectivity index (χ4n) is 3.68. The molecule has 2 N–H and O–H groups in total. The van der Waals surface area contributed by atoms with Gasteiger partial charge in [0.05, 0.1) is 5.41 Å². The van der Waals surface area contributed by atoms with Gasteiger partial charge in [0.1, 0.15) is 11.0 Å². The highest BCUT2D eigenvalue weighted by Gasteiger charge is 2.51. The van der Waals surface area contributed by atoms with Crippen LogP contribution in [0.2, 0.25) is 5.15 Å². The number of anilines is 1.